The fourth-order valence-electron chi connectivity index (χ4n) is 2.44. The van der Waals surface area contributed by atoms with Crippen molar-refractivity contribution in [2.45, 2.75) is 43.4 Å². The summed E-state index contributed by atoms with van der Waals surface area (Å²) in [6.45, 7) is 7.01. The van der Waals surface area contributed by atoms with Gasteiger partial charge in [-0.25, -0.2) is 17.9 Å². The molecule has 130 valence electrons. The summed E-state index contributed by atoms with van der Waals surface area (Å²) < 4.78 is 32.6. The molecule has 23 heavy (non-hydrogen) atoms. The summed E-state index contributed by atoms with van der Waals surface area (Å²) in [7, 11) is -3.45. The van der Waals surface area contributed by atoms with Crippen LogP contribution in [0.4, 0.5) is 4.79 Å². The zero-order chi connectivity index (χ0) is 17.1. The molecule has 1 atom stereocenters. The molecule has 6 nitrogen and oxygen atoms in total. The molecule has 0 radical (unpaired) electrons. The number of ether oxygens (including phenoxy) is 1. The van der Waals surface area contributed by atoms with E-state index in [0.29, 0.717) is 23.8 Å². The molecule has 0 bridgehead atoms. The summed E-state index contributed by atoms with van der Waals surface area (Å²) in [4.78, 5) is 13.8. The molecule has 1 aromatic heterocycles. The lowest BCUT2D eigenvalue weighted by atomic mass is 9.99. The van der Waals surface area contributed by atoms with E-state index in [-0.39, 0.29) is 12.0 Å². The molecule has 8 heteroatoms. The molecule has 0 aliphatic carbocycles. The number of hydrogen-bond donors (Lipinski definition) is 1. The molecule has 0 aromatic carbocycles. The summed E-state index contributed by atoms with van der Waals surface area (Å²) in [5.74, 6) is 0.103. The minimum atomic E-state index is -3.45. The van der Waals surface area contributed by atoms with Crippen LogP contribution in [-0.4, -0.2) is 44.6 Å². The number of nitrogens with one attached hydrogen (secondary N) is 1. The van der Waals surface area contributed by atoms with Crippen LogP contribution in [0.2, 0.25) is 0 Å². The molecule has 1 N–H and O–H groups in total. The lowest BCUT2D eigenvalue weighted by Gasteiger charge is -2.34. The molecule has 2 heterocycles. The van der Waals surface area contributed by atoms with Crippen molar-refractivity contribution in [3.05, 3.63) is 17.5 Å². The molecule has 0 saturated carbocycles. The number of piperidine rings is 1. The van der Waals surface area contributed by atoms with Gasteiger partial charge in [0.15, 0.2) is 0 Å². The molecular formula is C15H24N2O4S2. The van der Waals surface area contributed by atoms with E-state index in [1.807, 2.05) is 20.8 Å². The van der Waals surface area contributed by atoms with E-state index in [2.05, 4.69) is 4.72 Å². The number of likely N-dealkylation sites (tertiary alicyclic amines) is 1. The van der Waals surface area contributed by atoms with E-state index in [4.69, 9.17) is 4.74 Å². The second kappa shape index (κ2) is 7.19. The van der Waals surface area contributed by atoms with Crippen molar-refractivity contribution in [2.24, 2.45) is 5.92 Å². The Morgan fingerprint density at radius 1 is 1.48 bits per heavy atom. The Morgan fingerprint density at radius 2 is 2.22 bits per heavy atom. The highest BCUT2D eigenvalue weighted by Crippen LogP contribution is 2.20. The first-order valence-electron chi connectivity index (χ1n) is 7.68. The van der Waals surface area contributed by atoms with Crippen molar-refractivity contribution >= 4 is 27.5 Å². The topological polar surface area (TPSA) is 75.7 Å². The predicted molar refractivity (Wildman–Crippen MR) is 90.0 cm³/mol. The van der Waals surface area contributed by atoms with Crippen LogP contribution in [0.1, 0.15) is 33.6 Å². The van der Waals surface area contributed by atoms with Gasteiger partial charge in [-0.15, -0.1) is 11.3 Å². The third-order valence-electron chi connectivity index (χ3n) is 3.49. The zero-order valence-corrected chi connectivity index (χ0v) is 15.4. The highest BCUT2D eigenvalue weighted by molar-refractivity contribution is 7.91. The average molecular weight is 361 g/mol. The largest absolute Gasteiger partial charge is 0.444 e. The molecule has 1 aliphatic heterocycles. The molecule has 2 rings (SSSR count). The average Bonchev–Trinajstić information content (AvgIpc) is 2.99. The number of hydrogen-bond acceptors (Lipinski definition) is 5. The van der Waals surface area contributed by atoms with Crippen LogP contribution in [0.15, 0.2) is 21.7 Å². The van der Waals surface area contributed by atoms with Gasteiger partial charge in [-0.05, 0) is 51.0 Å². The second-order valence-electron chi connectivity index (χ2n) is 6.72. The minimum absolute atomic E-state index is 0.103. The highest BCUT2D eigenvalue weighted by atomic mass is 32.2. The Hall–Kier alpha value is -1.12. The lowest BCUT2D eigenvalue weighted by molar-refractivity contribution is 0.0169. The van der Waals surface area contributed by atoms with Crippen LogP contribution < -0.4 is 4.72 Å². The van der Waals surface area contributed by atoms with Crippen LogP contribution in [0.25, 0.3) is 0 Å². The van der Waals surface area contributed by atoms with Crippen LogP contribution in [0, 0.1) is 5.92 Å². The third-order valence-corrected chi connectivity index (χ3v) is 6.31. The molecule has 1 saturated heterocycles. The Morgan fingerprint density at radius 3 is 2.83 bits per heavy atom. The van der Waals surface area contributed by atoms with Gasteiger partial charge in [-0.1, -0.05) is 6.07 Å². The van der Waals surface area contributed by atoms with E-state index in [9.17, 15) is 13.2 Å². The van der Waals surface area contributed by atoms with E-state index < -0.39 is 15.6 Å². The van der Waals surface area contributed by atoms with Crippen molar-refractivity contribution < 1.29 is 17.9 Å². The first-order chi connectivity index (χ1) is 10.7. The van der Waals surface area contributed by atoms with Gasteiger partial charge in [0.1, 0.15) is 9.81 Å². The number of carbonyl (C=O) groups is 1. The Bertz CT molecular complexity index is 620. The normalized spacial score (nSPS) is 19.6. The summed E-state index contributed by atoms with van der Waals surface area (Å²) in [6.07, 6.45) is 1.42. The van der Waals surface area contributed by atoms with Crippen LogP contribution in [0.3, 0.4) is 0 Å². The van der Waals surface area contributed by atoms with Crippen molar-refractivity contribution in [3.8, 4) is 0 Å². The van der Waals surface area contributed by atoms with Crippen LogP contribution in [0.5, 0.6) is 0 Å². The second-order valence-corrected chi connectivity index (χ2v) is 9.66. The predicted octanol–water partition coefficient (Wildman–Crippen LogP) is 2.67. The fourth-order valence-corrected chi connectivity index (χ4v) is 4.59. The van der Waals surface area contributed by atoms with Crippen LogP contribution >= 0.6 is 11.3 Å². The first-order valence-corrected chi connectivity index (χ1v) is 10.0. The molecule has 1 fully saturated rings. The van der Waals surface area contributed by atoms with Gasteiger partial charge in [0, 0.05) is 19.6 Å². The zero-order valence-electron chi connectivity index (χ0n) is 13.7. The molecule has 0 spiro atoms. The number of carbonyl (C=O) groups excluding carboxylic acids is 1. The lowest BCUT2D eigenvalue weighted by Crippen LogP contribution is -2.45. The SMILES string of the molecule is CC(C)(C)OC(=O)N1CCCC(CNS(=O)(=O)c2cccs2)C1. The maximum atomic E-state index is 12.1. The number of nitrogens with zero attached hydrogens (tertiary/aromatic N) is 1. The Kier molecular flexibility index (Phi) is 5.70. The van der Waals surface area contributed by atoms with Gasteiger partial charge in [-0.3, -0.25) is 0 Å². The van der Waals surface area contributed by atoms with Crippen molar-refractivity contribution in [1.29, 1.82) is 0 Å². The van der Waals surface area contributed by atoms with Gasteiger partial charge < -0.3 is 9.64 Å². The van der Waals surface area contributed by atoms with Gasteiger partial charge in [0.25, 0.3) is 0 Å². The minimum Gasteiger partial charge on any atom is -0.444 e. The van der Waals surface area contributed by atoms with E-state index in [1.165, 1.54) is 11.3 Å². The standard InChI is InChI=1S/C15H24N2O4S2/c1-15(2,3)21-14(18)17-8-4-6-12(11-17)10-16-23(19,20)13-7-5-9-22-13/h5,7,9,12,16H,4,6,8,10-11H2,1-3H3. The maximum absolute atomic E-state index is 12.1. The molecule has 1 aliphatic rings. The van der Waals surface area contributed by atoms with Gasteiger partial charge in [0.05, 0.1) is 0 Å². The number of rotatable bonds is 4. The monoisotopic (exact) mass is 360 g/mol. The van der Waals surface area contributed by atoms with E-state index in [0.717, 1.165) is 12.8 Å². The molecular weight excluding hydrogens is 336 g/mol. The summed E-state index contributed by atoms with van der Waals surface area (Å²) >= 11 is 1.19. The molecule has 1 aromatic rings. The number of sulfonamides is 1. The Labute approximate surface area is 141 Å². The van der Waals surface area contributed by atoms with Gasteiger partial charge in [-0.2, -0.15) is 0 Å². The summed E-state index contributed by atoms with van der Waals surface area (Å²) in [5.41, 5.74) is -0.523. The molecule has 1 unspecified atom stereocenters. The van der Waals surface area contributed by atoms with Crippen molar-refractivity contribution in [2.75, 3.05) is 19.6 Å². The molecule has 1 amide bonds. The maximum Gasteiger partial charge on any atom is 0.410 e. The van der Waals surface area contributed by atoms with Gasteiger partial charge >= 0.3 is 6.09 Å². The first kappa shape index (κ1) is 18.2. The summed E-state index contributed by atoms with van der Waals surface area (Å²) in [6, 6.07) is 3.30. The number of amides is 1. The fraction of sp³-hybridized carbons (Fsp3) is 0.667. The number of thiophene rings is 1. The van der Waals surface area contributed by atoms with E-state index >= 15 is 0 Å². The van der Waals surface area contributed by atoms with Crippen LogP contribution in [-0.2, 0) is 14.8 Å². The highest BCUT2D eigenvalue weighted by Gasteiger charge is 2.28. The third kappa shape index (κ3) is 5.47. The van der Waals surface area contributed by atoms with Crippen molar-refractivity contribution in [1.82, 2.24) is 9.62 Å². The quantitative estimate of drug-likeness (QED) is 0.896. The van der Waals surface area contributed by atoms with Gasteiger partial charge in [0.2, 0.25) is 10.0 Å². The van der Waals surface area contributed by atoms with E-state index in [1.54, 1.807) is 22.4 Å². The summed E-state index contributed by atoms with van der Waals surface area (Å²) in [5, 5.41) is 1.74. The Balaban J connectivity index is 1.88. The van der Waals surface area contributed by atoms with Crippen molar-refractivity contribution in [3.63, 3.8) is 0 Å². The smallest absolute Gasteiger partial charge is 0.410 e.